The van der Waals surface area contributed by atoms with E-state index in [2.05, 4.69) is 17.0 Å². The van der Waals surface area contributed by atoms with Gasteiger partial charge in [0.2, 0.25) is 0 Å². The van der Waals surface area contributed by atoms with E-state index in [1.165, 1.54) is 29.7 Å². The van der Waals surface area contributed by atoms with Gasteiger partial charge in [-0.05, 0) is 23.8 Å². The monoisotopic (exact) mass is 379 g/mol. The lowest BCUT2D eigenvalue weighted by Crippen LogP contribution is -2.34. The van der Waals surface area contributed by atoms with Crippen LogP contribution in [0.5, 0.6) is 0 Å². The first-order valence-corrected chi connectivity index (χ1v) is 9.26. The summed E-state index contributed by atoms with van der Waals surface area (Å²) in [5.41, 5.74) is 4.49. The first-order chi connectivity index (χ1) is 13.6. The van der Waals surface area contributed by atoms with Crippen molar-refractivity contribution in [1.82, 2.24) is 9.88 Å². The minimum Gasteiger partial charge on any atom is -0.452 e. The fourth-order valence-electron chi connectivity index (χ4n) is 3.84. The second-order valence-electron chi connectivity index (χ2n) is 7.02. The molecule has 1 aliphatic heterocycles. The van der Waals surface area contributed by atoms with Gasteiger partial charge in [-0.3, -0.25) is 14.8 Å². The van der Waals surface area contributed by atoms with Gasteiger partial charge in [0.25, 0.3) is 0 Å². The predicted molar refractivity (Wildman–Crippen MR) is 107 cm³/mol. The van der Waals surface area contributed by atoms with E-state index in [0.717, 1.165) is 30.8 Å². The molecule has 0 unspecified atom stereocenters. The SMILES string of the molecule is COC(=O)N(C)c1c2c(nc3ccc(F)cc13)CCN(Cc1ccccc1)C2. The summed E-state index contributed by atoms with van der Waals surface area (Å²) in [7, 11) is 3.00. The number of methoxy groups -OCH3 is 1. The summed E-state index contributed by atoms with van der Waals surface area (Å²) in [4.78, 5) is 20.8. The molecule has 4 rings (SSSR count). The molecule has 0 saturated carbocycles. The van der Waals surface area contributed by atoms with E-state index in [1.807, 2.05) is 18.2 Å². The second-order valence-corrected chi connectivity index (χ2v) is 7.02. The first kappa shape index (κ1) is 18.4. The molecule has 2 aromatic carbocycles. The van der Waals surface area contributed by atoms with Crippen molar-refractivity contribution >= 4 is 22.7 Å². The lowest BCUT2D eigenvalue weighted by atomic mass is 9.98. The molecule has 0 aliphatic carbocycles. The Labute approximate surface area is 163 Å². The Morgan fingerprint density at radius 3 is 2.79 bits per heavy atom. The first-order valence-electron chi connectivity index (χ1n) is 9.26. The molecule has 28 heavy (non-hydrogen) atoms. The standard InChI is InChI=1S/C22H22FN3O2/c1-25(22(27)28-2)21-17-12-16(23)8-9-19(17)24-20-10-11-26(14-18(20)21)13-15-6-4-3-5-7-15/h3-9,12H,10-11,13-14H2,1-2H3. The average molecular weight is 379 g/mol. The summed E-state index contributed by atoms with van der Waals surface area (Å²) in [6.07, 6.45) is 0.288. The number of carbonyl (C=O) groups excluding carboxylic acids is 1. The van der Waals surface area contributed by atoms with Crippen LogP contribution in [0.25, 0.3) is 10.9 Å². The molecule has 0 atom stereocenters. The van der Waals surface area contributed by atoms with Crippen LogP contribution >= 0.6 is 0 Å². The van der Waals surface area contributed by atoms with Gasteiger partial charge in [0.15, 0.2) is 0 Å². The maximum absolute atomic E-state index is 14.0. The number of halogens is 1. The maximum Gasteiger partial charge on any atom is 0.413 e. The summed E-state index contributed by atoms with van der Waals surface area (Å²) in [6, 6.07) is 14.8. The highest BCUT2D eigenvalue weighted by Crippen LogP contribution is 2.35. The number of benzene rings is 2. The van der Waals surface area contributed by atoms with Crippen LogP contribution in [0.4, 0.5) is 14.9 Å². The Bertz CT molecular complexity index is 1020. The van der Waals surface area contributed by atoms with Crippen molar-refractivity contribution in [3.63, 3.8) is 0 Å². The molecule has 0 spiro atoms. The van der Waals surface area contributed by atoms with Crippen LogP contribution in [-0.2, 0) is 24.2 Å². The summed E-state index contributed by atoms with van der Waals surface area (Å²) in [5.74, 6) is -0.356. The Balaban J connectivity index is 1.79. The zero-order chi connectivity index (χ0) is 19.7. The molecule has 0 bridgehead atoms. The lowest BCUT2D eigenvalue weighted by Gasteiger charge is -2.32. The number of fused-ring (bicyclic) bond motifs is 2. The minimum atomic E-state index is -0.487. The van der Waals surface area contributed by atoms with Crippen molar-refractivity contribution in [2.45, 2.75) is 19.5 Å². The van der Waals surface area contributed by atoms with Crippen molar-refractivity contribution in [3.05, 3.63) is 71.2 Å². The van der Waals surface area contributed by atoms with Gasteiger partial charge in [0.05, 0.1) is 18.3 Å². The van der Waals surface area contributed by atoms with Crippen LogP contribution in [-0.4, -0.2) is 36.7 Å². The lowest BCUT2D eigenvalue weighted by molar-refractivity contribution is 0.180. The van der Waals surface area contributed by atoms with Crippen molar-refractivity contribution in [1.29, 1.82) is 0 Å². The molecule has 1 aromatic heterocycles. The van der Waals surface area contributed by atoms with E-state index in [-0.39, 0.29) is 5.82 Å². The number of nitrogens with zero attached hydrogens (tertiary/aromatic N) is 3. The third kappa shape index (κ3) is 3.43. The molecule has 1 amide bonds. The van der Waals surface area contributed by atoms with Crippen LogP contribution < -0.4 is 4.90 Å². The topological polar surface area (TPSA) is 45.7 Å². The number of hydrogen-bond acceptors (Lipinski definition) is 4. The normalized spacial score (nSPS) is 14.0. The molecule has 0 N–H and O–H groups in total. The fourth-order valence-corrected chi connectivity index (χ4v) is 3.84. The maximum atomic E-state index is 14.0. The summed E-state index contributed by atoms with van der Waals surface area (Å²) < 4.78 is 18.9. The van der Waals surface area contributed by atoms with E-state index < -0.39 is 6.09 Å². The molecular weight excluding hydrogens is 357 g/mol. The highest BCUT2D eigenvalue weighted by atomic mass is 19.1. The van der Waals surface area contributed by atoms with Gasteiger partial charge < -0.3 is 4.74 Å². The summed E-state index contributed by atoms with van der Waals surface area (Å²) in [5, 5.41) is 0.619. The number of aromatic nitrogens is 1. The van der Waals surface area contributed by atoms with Gasteiger partial charge in [-0.15, -0.1) is 0 Å². The summed E-state index contributed by atoms with van der Waals surface area (Å²) >= 11 is 0. The molecule has 5 nitrogen and oxygen atoms in total. The van der Waals surface area contributed by atoms with Crippen LogP contribution in [0.15, 0.2) is 48.5 Å². The summed E-state index contributed by atoms with van der Waals surface area (Å²) in [6.45, 7) is 2.33. The second kappa shape index (κ2) is 7.56. The van der Waals surface area contributed by atoms with Gasteiger partial charge in [-0.1, -0.05) is 30.3 Å². The number of amides is 1. The zero-order valence-corrected chi connectivity index (χ0v) is 16.0. The largest absolute Gasteiger partial charge is 0.452 e. The molecule has 0 saturated heterocycles. The van der Waals surface area contributed by atoms with Crippen molar-refractivity contribution in [2.75, 3.05) is 25.6 Å². The van der Waals surface area contributed by atoms with Gasteiger partial charge in [-0.25, -0.2) is 9.18 Å². The molecule has 144 valence electrons. The Morgan fingerprint density at radius 1 is 1.25 bits per heavy atom. The zero-order valence-electron chi connectivity index (χ0n) is 16.0. The van der Waals surface area contributed by atoms with Crippen LogP contribution in [0.3, 0.4) is 0 Å². The molecule has 3 aromatic rings. The quantitative estimate of drug-likeness (QED) is 0.686. The predicted octanol–water partition coefficient (Wildman–Crippen LogP) is 4.13. The number of anilines is 1. The third-order valence-electron chi connectivity index (χ3n) is 5.18. The van der Waals surface area contributed by atoms with Gasteiger partial charge in [0.1, 0.15) is 5.82 Å². The van der Waals surface area contributed by atoms with Crippen molar-refractivity contribution < 1.29 is 13.9 Å². The van der Waals surface area contributed by atoms with E-state index in [4.69, 9.17) is 9.72 Å². The number of rotatable bonds is 3. The Kier molecular flexibility index (Phi) is 4.96. The van der Waals surface area contributed by atoms with E-state index in [1.54, 1.807) is 13.1 Å². The van der Waals surface area contributed by atoms with Crippen LogP contribution in [0, 0.1) is 5.82 Å². The number of pyridine rings is 1. The van der Waals surface area contributed by atoms with Gasteiger partial charge >= 0.3 is 6.09 Å². The van der Waals surface area contributed by atoms with Crippen LogP contribution in [0.1, 0.15) is 16.8 Å². The highest BCUT2D eigenvalue weighted by molar-refractivity contribution is 6.01. The number of carbonyl (C=O) groups is 1. The highest BCUT2D eigenvalue weighted by Gasteiger charge is 2.27. The van der Waals surface area contributed by atoms with Crippen molar-refractivity contribution in [3.8, 4) is 0 Å². The van der Waals surface area contributed by atoms with Gasteiger partial charge in [-0.2, -0.15) is 0 Å². The molecule has 1 aliphatic rings. The van der Waals surface area contributed by atoms with E-state index in [9.17, 15) is 9.18 Å². The fraction of sp³-hybridized carbons (Fsp3) is 0.273. The Morgan fingerprint density at radius 2 is 2.04 bits per heavy atom. The number of hydrogen-bond donors (Lipinski definition) is 0. The van der Waals surface area contributed by atoms with E-state index >= 15 is 0 Å². The minimum absolute atomic E-state index is 0.356. The molecule has 0 fully saturated rings. The Hall–Kier alpha value is -2.99. The molecular formula is C22H22FN3O2. The molecule has 2 heterocycles. The average Bonchev–Trinajstić information content (AvgIpc) is 2.72. The van der Waals surface area contributed by atoms with Crippen LogP contribution in [0.2, 0.25) is 0 Å². The van der Waals surface area contributed by atoms with Crippen molar-refractivity contribution in [2.24, 2.45) is 0 Å². The molecule has 6 heteroatoms. The third-order valence-corrected chi connectivity index (χ3v) is 5.18. The smallest absolute Gasteiger partial charge is 0.413 e. The number of ether oxygens (including phenoxy) is 1. The van der Waals surface area contributed by atoms with E-state index in [0.29, 0.717) is 23.1 Å². The van der Waals surface area contributed by atoms with Gasteiger partial charge in [0, 0.05) is 49.7 Å². The molecule has 0 radical (unpaired) electrons.